The van der Waals surface area contributed by atoms with Gasteiger partial charge >= 0.3 is 5.97 Å². The lowest BCUT2D eigenvalue weighted by atomic mass is 10.2. The molecule has 0 heterocycles. The van der Waals surface area contributed by atoms with Crippen molar-refractivity contribution >= 4 is 29.1 Å². The molecule has 0 saturated heterocycles. The summed E-state index contributed by atoms with van der Waals surface area (Å²) < 4.78 is 12.2. The summed E-state index contributed by atoms with van der Waals surface area (Å²) in [5.41, 5.74) is 0.948. The van der Waals surface area contributed by atoms with Crippen LogP contribution in [0.2, 0.25) is 0 Å². The summed E-state index contributed by atoms with van der Waals surface area (Å²) in [4.78, 5) is 13.8. The van der Waals surface area contributed by atoms with E-state index in [1.54, 1.807) is 0 Å². The fourth-order valence-corrected chi connectivity index (χ4v) is 8.54. The summed E-state index contributed by atoms with van der Waals surface area (Å²) in [5, 5.41) is 3.24. The fraction of sp³-hybridized carbons (Fsp3) is 0.138. The van der Waals surface area contributed by atoms with E-state index in [2.05, 4.69) is 36.4 Å². The van der Waals surface area contributed by atoms with Gasteiger partial charge in [-0.2, -0.15) is 0 Å². The van der Waals surface area contributed by atoms with E-state index < -0.39 is 13.1 Å². The monoisotopic (exact) mass is 490 g/mol. The Bertz CT molecular complexity index is 1040. The van der Waals surface area contributed by atoms with Crippen molar-refractivity contribution in [2.24, 2.45) is 0 Å². The molecule has 5 heteroatoms. The van der Waals surface area contributed by atoms with E-state index in [0.29, 0.717) is 6.61 Å². The molecule has 0 N–H and O–H groups in total. The van der Waals surface area contributed by atoms with E-state index in [1.807, 2.05) is 91.9 Å². The molecule has 174 valence electrons. The van der Waals surface area contributed by atoms with Crippen LogP contribution in [0.4, 0.5) is 0 Å². The summed E-state index contributed by atoms with van der Waals surface area (Å²) >= 11 is 0. The van der Waals surface area contributed by atoms with Gasteiger partial charge in [-0.05, 0) is 48.9 Å². The van der Waals surface area contributed by atoms with Crippen molar-refractivity contribution in [2.45, 2.75) is 19.4 Å². The Morgan fingerprint density at radius 3 is 1.44 bits per heavy atom. The first-order valence-corrected chi connectivity index (χ1v) is 13.0. The Kier molecular flexibility index (Phi) is 9.42. The SMILES string of the molecule is CCOC(C(=O)OCc1ccccc1)[P+](c1ccccc1)(c1ccccc1)c1ccccc1.[Cl-]. The number of hydrogen-bond donors (Lipinski definition) is 0. The Labute approximate surface area is 208 Å². The van der Waals surface area contributed by atoms with Gasteiger partial charge in [0.25, 0.3) is 5.85 Å². The molecule has 0 aliphatic rings. The number of carbonyl (C=O) groups is 1. The van der Waals surface area contributed by atoms with Crippen molar-refractivity contribution in [3.8, 4) is 0 Å². The summed E-state index contributed by atoms with van der Waals surface area (Å²) in [5.74, 6) is -1.11. The Morgan fingerprint density at radius 1 is 0.676 bits per heavy atom. The summed E-state index contributed by atoms with van der Waals surface area (Å²) in [7, 11) is -2.55. The topological polar surface area (TPSA) is 35.5 Å². The van der Waals surface area contributed by atoms with Gasteiger partial charge in [0.05, 0.1) is 0 Å². The lowest BCUT2D eigenvalue weighted by molar-refractivity contribution is -0.152. The van der Waals surface area contributed by atoms with E-state index in [4.69, 9.17) is 9.47 Å². The fourth-order valence-electron chi connectivity index (χ4n) is 4.14. The van der Waals surface area contributed by atoms with Crippen molar-refractivity contribution in [2.75, 3.05) is 6.61 Å². The maximum atomic E-state index is 13.8. The number of benzene rings is 4. The molecule has 1 atom stereocenters. The third-order valence-corrected chi connectivity index (χ3v) is 9.99. The second kappa shape index (κ2) is 12.5. The maximum Gasteiger partial charge on any atom is 0.376 e. The van der Waals surface area contributed by atoms with Gasteiger partial charge in [0, 0.05) is 6.61 Å². The molecule has 4 rings (SSSR count). The molecule has 0 bridgehead atoms. The molecule has 0 aliphatic heterocycles. The quantitative estimate of drug-likeness (QED) is 0.266. The highest BCUT2D eigenvalue weighted by Crippen LogP contribution is 2.60. The van der Waals surface area contributed by atoms with Gasteiger partial charge in [0.15, 0.2) is 7.26 Å². The number of ether oxygens (including phenoxy) is 2. The van der Waals surface area contributed by atoms with Crippen LogP contribution >= 0.6 is 7.26 Å². The Balaban J connectivity index is 0.00000324. The van der Waals surface area contributed by atoms with Crippen molar-refractivity contribution in [1.82, 2.24) is 0 Å². The molecule has 0 amide bonds. The Hall–Kier alpha value is -2.97. The number of rotatable bonds is 9. The van der Waals surface area contributed by atoms with Crippen LogP contribution in [0.3, 0.4) is 0 Å². The molecule has 4 aromatic rings. The first-order chi connectivity index (χ1) is 16.3. The second-order valence-corrected chi connectivity index (χ2v) is 11.1. The van der Waals surface area contributed by atoms with Gasteiger partial charge in [-0.15, -0.1) is 0 Å². The Morgan fingerprint density at radius 2 is 1.06 bits per heavy atom. The average Bonchev–Trinajstić information content (AvgIpc) is 2.90. The number of halogens is 1. The van der Waals surface area contributed by atoms with Gasteiger partial charge < -0.3 is 21.9 Å². The minimum Gasteiger partial charge on any atom is -1.00 e. The van der Waals surface area contributed by atoms with E-state index in [0.717, 1.165) is 21.5 Å². The van der Waals surface area contributed by atoms with E-state index >= 15 is 0 Å². The van der Waals surface area contributed by atoms with Crippen LogP contribution in [-0.2, 0) is 20.9 Å². The highest BCUT2D eigenvalue weighted by molar-refractivity contribution is 7.96. The zero-order valence-electron chi connectivity index (χ0n) is 19.1. The standard InChI is InChI=1S/C29H28O3P.ClH/c1-2-31-29(28(30)32-23-24-15-7-3-8-16-24)33(25-17-9-4-10-18-25,26-19-11-5-12-20-26)27-21-13-6-14-22-27;/h3-22,29H,2,23H2,1H3;1H/q+1;/p-1. The summed E-state index contributed by atoms with van der Waals surface area (Å²) in [6.45, 7) is 2.54. The summed E-state index contributed by atoms with van der Waals surface area (Å²) in [6.07, 6.45) is 0. The highest BCUT2D eigenvalue weighted by Gasteiger charge is 2.57. The molecule has 0 fully saturated rings. The maximum absolute atomic E-state index is 13.8. The molecular weight excluding hydrogens is 463 g/mol. The van der Waals surface area contributed by atoms with Crippen molar-refractivity contribution in [3.63, 3.8) is 0 Å². The average molecular weight is 491 g/mol. The lowest BCUT2D eigenvalue weighted by Gasteiger charge is -2.32. The largest absolute Gasteiger partial charge is 1.00 e. The molecule has 3 nitrogen and oxygen atoms in total. The third kappa shape index (κ3) is 5.39. The molecule has 0 spiro atoms. The lowest BCUT2D eigenvalue weighted by Crippen LogP contribution is -3.00. The van der Waals surface area contributed by atoms with Crippen molar-refractivity contribution in [3.05, 3.63) is 127 Å². The van der Waals surface area contributed by atoms with Crippen LogP contribution in [0.25, 0.3) is 0 Å². The van der Waals surface area contributed by atoms with Gasteiger partial charge in [0.2, 0.25) is 0 Å². The smallest absolute Gasteiger partial charge is 0.376 e. The minimum atomic E-state index is -2.55. The van der Waals surface area contributed by atoms with E-state index in [-0.39, 0.29) is 25.0 Å². The molecular formula is C29H28ClO3P. The van der Waals surface area contributed by atoms with Crippen molar-refractivity contribution in [1.29, 1.82) is 0 Å². The van der Waals surface area contributed by atoms with Crippen LogP contribution in [0, 0.1) is 0 Å². The molecule has 34 heavy (non-hydrogen) atoms. The number of hydrogen-bond acceptors (Lipinski definition) is 3. The van der Waals surface area contributed by atoms with Crippen LogP contribution < -0.4 is 28.3 Å². The molecule has 4 aromatic carbocycles. The van der Waals surface area contributed by atoms with Gasteiger partial charge in [-0.25, -0.2) is 4.79 Å². The molecule has 0 aliphatic carbocycles. The third-order valence-electron chi connectivity index (χ3n) is 5.59. The van der Waals surface area contributed by atoms with Crippen LogP contribution in [0.15, 0.2) is 121 Å². The van der Waals surface area contributed by atoms with Gasteiger partial charge in [-0.3, -0.25) is 0 Å². The normalized spacial score (nSPS) is 11.8. The first kappa shape index (κ1) is 25.6. The predicted molar refractivity (Wildman–Crippen MR) is 137 cm³/mol. The number of carbonyl (C=O) groups excluding carboxylic acids is 1. The zero-order valence-corrected chi connectivity index (χ0v) is 20.7. The van der Waals surface area contributed by atoms with Crippen LogP contribution in [-0.4, -0.2) is 18.4 Å². The molecule has 0 aromatic heterocycles. The van der Waals surface area contributed by atoms with Gasteiger partial charge in [0.1, 0.15) is 22.5 Å². The first-order valence-electron chi connectivity index (χ1n) is 11.1. The van der Waals surface area contributed by atoms with Crippen LogP contribution in [0.1, 0.15) is 12.5 Å². The summed E-state index contributed by atoms with van der Waals surface area (Å²) in [6, 6.07) is 40.5. The highest BCUT2D eigenvalue weighted by atomic mass is 35.5. The van der Waals surface area contributed by atoms with Gasteiger partial charge in [-0.1, -0.05) is 84.9 Å². The molecule has 0 saturated carbocycles. The van der Waals surface area contributed by atoms with E-state index in [1.165, 1.54) is 0 Å². The second-order valence-electron chi connectivity index (χ2n) is 7.63. The molecule has 1 unspecified atom stereocenters. The van der Waals surface area contributed by atoms with Crippen LogP contribution in [0.5, 0.6) is 0 Å². The zero-order chi connectivity index (χ0) is 22.9. The number of esters is 1. The van der Waals surface area contributed by atoms with Crippen molar-refractivity contribution < 1.29 is 26.7 Å². The van der Waals surface area contributed by atoms with E-state index in [9.17, 15) is 4.79 Å². The predicted octanol–water partition coefficient (Wildman–Crippen LogP) is 2.09. The minimum absolute atomic E-state index is 0. The molecule has 0 radical (unpaired) electrons.